The van der Waals surface area contributed by atoms with E-state index in [0.717, 1.165) is 18.4 Å². The van der Waals surface area contributed by atoms with E-state index in [9.17, 15) is 4.39 Å². The molecule has 1 unspecified atom stereocenters. The van der Waals surface area contributed by atoms with E-state index in [-0.39, 0.29) is 18.5 Å². The molecule has 3 heteroatoms. The summed E-state index contributed by atoms with van der Waals surface area (Å²) in [4.78, 5) is 0. The number of rotatable bonds is 4. The van der Waals surface area contributed by atoms with Crippen molar-refractivity contribution in [1.29, 1.82) is 0 Å². The number of benzene rings is 1. The molecule has 13 heavy (non-hydrogen) atoms. The Morgan fingerprint density at radius 1 is 1.31 bits per heavy atom. The second kappa shape index (κ2) is 4.94. The van der Waals surface area contributed by atoms with Gasteiger partial charge in [0.2, 0.25) is 0 Å². The lowest BCUT2D eigenvalue weighted by molar-refractivity contribution is 0.260. The second-order valence-electron chi connectivity index (χ2n) is 3.11. The molecule has 2 nitrogen and oxygen atoms in total. The van der Waals surface area contributed by atoms with Gasteiger partial charge >= 0.3 is 0 Å². The number of aliphatic hydroxyl groups excluding tert-OH is 1. The summed E-state index contributed by atoms with van der Waals surface area (Å²) in [5, 5.41) is 8.67. The SMILES string of the molecule is NC(CO)CCc1ccc(F)cc1. The van der Waals surface area contributed by atoms with Crippen LogP contribution in [0.4, 0.5) is 4.39 Å². The molecule has 0 aliphatic carbocycles. The zero-order valence-corrected chi connectivity index (χ0v) is 7.41. The summed E-state index contributed by atoms with van der Waals surface area (Å²) < 4.78 is 12.5. The van der Waals surface area contributed by atoms with Crippen LogP contribution in [-0.4, -0.2) is 17.8 Å². The van der Waals surface area contributed by atoms with E-state index < -0.39 is 0 Å². The lowest BCUT2D eigenvalue weighted by atomic mass is 10.1. The summed E-state index contributed by atoms with van der Waals surface area (Å²) in [6.45, 7) is 0.00119. The molecule has 3 N–H and O–H groups in total. The van der Waals surface area contributed by atoms with E-state index >= 15 is 0 Å². The van der Waals surface area contributed by atoms with Gasteiger partial charge in [0, 0.05) is 6.04 Å². The number of hydrogen-bond donors (Lipinski definition) is 2. The Labute approximate surface area is 77.2 Å². The molecule has 72 valence electrons. The zero-order valence-electron chi connectivity index (χ0n) is 7.41. The van der Waals surface area contributed by atoms with Crippen LogP contribution in [0.2, 0.25) is 0 Å². The molecule has 0 bridgehead atoms. The molecule has 0 heterocycles. The molecule has 0 spiro atoms. The Kier molecular flexibility index (Phi) is 3.86. The van der Waals surface area contributed by atoms with E-state index in [1.54, 1.807) is 12.1 Å². The van der Waals surface area contributed by atoms with Gasteiger partial charge in [0.15, 0.2) is 0 Å². The van der Waals surface area contributed by atoms with Gasteiger partial charge in [0.25, 0.3) is 0 Å². The minimum atomic E-state index is -0.227. The maximum atomic E-state index is 12.5. The van der Waals surface area contributed by atoms with Crippen LogP contribution in [-0.2, 0) is 6.42 Å². The second-order valence-corrected chi connectivity index (χ2v) is 3.11. The van der Waals surface area contributed by atoms with Crippen LogP contribution in [0.3, 0.4) is 0 Å². The van der Waals surface area contributed by atoms with Gasteiger partial charge < -0.3 is 10.8 Å². The molecular formula is C10H14FNO. The van der Waals surface area contributed by atoms with Crippen LogP contribution in [0, 0.1) is 5.82 Å². The summed E-state index contributed by atoms with van der Waals surface area (Å²) in [5.74, 6) is -0.227. The van der Waals surface area contributed by atoms with E-state index in [0.29, 0.717) is 0 Å². The van der Waals surface area contributed by atoms with Crippen molar-refractivity contribution in [3.8, 4) is 0 Å². The van der Waals surface area contributed by atoms with Crippen LogP contribution >= 0.6 is 0 Å². The third kappa shape index (κ3) is 3.53. The molecule has 1 rings (SSSR count). The zero-order chi connectivity index (χ0) is 9.68. The highest BCUT2D eigenvalue weighted by Crippen LogP contribution is 2.06. The summed E-state index contributed by atoms with van der Waals surface area (Å²) in [6, 6.07) is 6.16. The van der Waals surface area contributed by atoms with Gasteiger partial charge in [-0.25, -0.2) is 4.39 Å². The fourth-order valence-corrected chi connectivity index (χ4v) is 1.09. The van der Waals surface area contributed by atoms with Crippen LogP contribution < -0.4 is 5.73 Å². The molecule has 0 fully saturated rings. The van der Waals surface area contributed by atoms with Crippen molar-refractivity contribution in [2.24, 2.45) is 5.73 Å². The molecule has 0 amide bonds. The molecule has 0 saturated heterocycles. The Morgan fingerprint density at radius 2 is 1.92 bits per heavy atom. The Morgan fingerprint density at radius 3 is 2.46 bits per heavy atom. The van der Waals surface area contributed by atoms with Crippen LogP contribution in [0.25, 0.3) is 0 Å². The molecule has 1 aromatic rings. The van der Waals surface area contributed by atoms with Crippen molar-refractivity contribution >= 4 is 0 Å². The Hall–Kier alpha value is -0.930. The van der Waals surface area contributed by atoms with Crippen LogP contribution in [0.15, 0.2) is 24.3 Å². The predicted octanol–water partition coefficient (Wildman–Crippen LogP) is 1.08. The highest BCUT2D eigenvalue weighted by atomic mass is 19.1. The van der Waals surface area contributed by atoms with Crippen molar-refractivity contribution < 1.29 is 9.50 Å². The van der Waals surface area contributed by atoms with Gasteiger partial charge in [-0.2, -0.15) is 0 Å². The number of aliphatic hydroxyl groups is 1. The van der Waals surface area contributed by atoms with Gasteiger partial charge in [-0.1, -0.05) is 12.1 Å². The van der Waals surface area contributed by atoms with Crippen LogP contribution in [0.5, 0.6) is 0 Å². The topological polar surface area (TPSA) is 46.2 Å². The minimum absolute atomic E-state index is 0.00119. The molecule has 0 aromatic heterocycles. The molecular weight excluding hydrogens is 169 g/mol. The van der Waals surface area contributed by atoms with Gasteiger partial charge in [0.05, 0.1) is 6.61 Å². The molecule has 0 aliphatic rings. The number of nitrogens with two attached hydrogens (primary N) is 1. The Balaban J connectivity index is 2.41. The summed E-state index contributed by atoms with van der Waals surface area (Å²) in [5.41, 5.74) is 6.57. The summed E-state index contributed by atoms with van der Waals surface area (Å²) in [6.07, 6.45) is 1.50. The van der Waals surface area contributed by atoms with Gasteiger partial charge in [0.1, 0.15) is 5.82 Å². The fourth-order valence-electron chi connectivity index (χ4n) is 1.09. The molecule has 0 radical (unpaired) electrons. The van der Waals surface area contributed by atoms with Crippen molar-refractivity contribution in [3.63, 3.8) is 0 Å². The largest absolute Gasteiger partial charge is 0.395 e. The molecule has 1 aromatic carbocycles. The van der Waals surface area contributed by atoms with Crippen molar-refractivity contribution in [1.82, 2.24) is 0 Å². The lowest BCUT2D eigenvalue weighted by Gasteiger charge is -2.07. The number of halogens is 1. The highest BCUT2D eigenvalue weighted by Gasteiger charge is 2.00. The van der Waals surface area contributed by atoms with Crippen molar-refractivity contribution in [2.45, 2.75) is 18.9 Å². The molecule has 0 saturated carbocycles. The van der Waals surface area contributed by atoms with Crippen molar-refractivity contribution in [3.05, 3.63) is 35.6 Å². The predicted molar refractivity (Wildman–Crippen MR) is 49.8 cm³/mol. The smallest absolute Gasteiger partial charge is 0.123 e. The first-order chi connectivity index (χ1) is 6.22. The standard InChI is InChI=1S/C10H14FNO/c11-9-4-1-8(2-5-9)3-6-10(12)7-13/h1-2,4-5,10,13H,3,6-7,12H2. The first kappa shape index (κ1) is 10.2. The average molecular weight is 183 g/mol. The van der Waals surface area contributed by atoms with Crippen molar-refractivity contribution in [2.75, 3.05) is 6.61 Å². The quantitative estimate of drug-likeness (QED) is 0.733. The lowest BCUT2D eigenvalue weighted by Crippen LogP contribution is -2.24. The van der Waals surface area contributed by atoms with Gasteiger partial charge in [-0.05, 0) is 30.5 Å². The molecule has 0 aliphatic heterocycles. The fraction of sp³-hybridized carbons (Fsp3) is 0.400. The number of aryl methyl sites for hydroxylation is 1. The first-order valence-electron chi connectivity index (χ1n) is 4.33. The third-order valence-electron chi connectivity index (χ3n) is 1.95. The summed E-state index contributed by atoms with van der Waals surface area (Å²) in [7, 11) is 0. The molecule has 1 atom stereocenters. The monoisotopic (exact) mass is 183 g/mol. The van der Waals surface area contributed by atoms with E-state index in [4.69, 9.17) is 10.8 Å². The van der Waals surface area contributed by atoms with E-state index in [2.05, 4.69) is 0 Å². The highest BCUT2D eigenvalue weighted by molar-refractivity contribution is 5.16. The maximum absolute atomic E-state index is 12.5. The third-order valence-corrected chi connectivity index (χ3v) is 1.95. The number of hydrogen-bond acceptors (Lipinski definition) is 2. The van der Waals surface area contributed by atoms with Gasteiger partial charge in [-0.15, -0.1) is 0 Å². The summed E-state index contributed by atoms with van der Waals surface area (Å²) >= 11 is 0. The average Bonchev–Trinajstić information content (AvgIpc) is 2.16. The normalized spacial score (nSPS) is 12.8. The first-order valence-corrected chi connectivity index (χ1v) is 4.33. The minimum Gasteiger partial charge on any atom is -0.395 e. The van der Waals surface area contributed by atoms with Crippen LogP contribution in [0.1, 0.15) is 12.0 Å². The van der Waals surface area contributed by atoms with E-state index in [1.165, 1.54) is 12.1 Å². The maximum Gasteiger partial charge on any atom is 0.123 e. The Bertz CT molecular complexity index is 248. The van der Waals surface area contributed by atoms with E-state index in [1.807, 2.05) is 0 Å². The van der Waals surface area contributed by atoms with Gasteiger partial charge in [-0.3, -0.25) is 0 Å².